The molecule has 3 rings (SSSR count). The van der Waals surface area contributed by atoms with Crippen LogP contribution in [0.3, 0.4) is 0 Å². The maximum atomic E-state index is 12.9. The Kier molecular flexibility index (Phi) is 4.25. The monoisotopic (exact) mass is 314 g/mol. The van der Waals surface area contributed by atoms with Crippen LogP contribution in [0.25, 0.3) is 0 Å². The van der Waals surface area contributed by atoms with Gasteiger partial charge in [-0.1, -0.05) is 35.9 Å². The Labute approximate surface area is 131 Å². The highest BCUT2D eigenvalue weighted by Crippen LogP contribution is 2.10. The summed E-state index contributed by atoms with van der Waals surface area (Å²) in [5.74, 6) is 0.118. The molecule has 0 aliphatic carbocycles. The van der Waals surface area contributed by atoms with Crippen molar-refractivity contribution >= 4 is 23.8 Å². The minimum atomic E-state index is -0.254. The first-order chi connectivity index (χ1) is 10.7. The lowest BCUT2D eigenvalue weighted by Gasteiger charge is -1.99. The van der Waals surface area contributed by atoms with Crippen LogP contribution in [0.15, 0.2) is 59.9 Å². The van der Waals surface area contributed by atoms with Gasteiger partial charge in [0.05, 0.1) is 6.54 Å². The number of benzene rings is 2. The van der Waals surface area contributed by atoms with Gasteiger partial charge in [-0.05, 0) is 35.4 Å². The minimum absolute atomic E-state index is 0.254. The van der Waals surface area contributed by atoms with Gasteiger partial charge in [0.15, 0.2) is 0 Å². The zero-order valence-corrected chi connectivity index (χ0v) is 12.3. The maximum Gasteiger partial charge on any atom is 0.268 e. The summed E-state index contributed by atoms with van der Waals surface area (Å²) in [5, 5.41) is 4.93. The van der Waals surface area contributed by atoms with Crippen LogP contribution in [0, 0.1) is 5.82 Å². The van der Waals surface area contributed by atoms with E-state index in [1.54, 1.807) is 41.5 Å². The molecule has 0 N–H and O–H groups in total. The van der Waals surface area contributed by atoms with E-state index in [-0.39, 0.29) is 5.82 Å². The molecule has 0 amide bonds. The second-order valence-electron chi connectivity index (χ2n) is 4.68. The van der Waals surface area contributed by atoms with Crippen LogP contribution >= 0.6 is 11.6 Å². The summed E-state index contributed by atoms with van der Waals surface area (Å²) in [5.41, 5.74) is 1.86. The number of rotatable bonds is 4. The van der Waals surface area contributed by atoms with Crippen molar-refractivity contribution < 1.29 is 4.39 Å². The molecule has 3 aromatic rings. The molecular formula is C16H12ClFN4. The third-order valence-electron chi connectivity index (χ3n) is 2.98. The molecule has 4 nitrogen and oxygen atoms in total. The first-order valence-corrected chi connectivity index (χ1v) is 7.00. The largest absolute Gasteiger partial charge is 0.268 e. The summed E-state index contributed by atoms with van der Waals surface area (Å²) >= 11 is 5.82. The highest BCUT2D eigenvalue weighted by atomic mass is 35.5. The molecule has 0 saturated heterocycles. The topological polar surface area (TPSA) is 43.1 Å². The van der Waals surface area contributed by atoms with Crippen molar-refractivity contribution in [3.05, 3.63) is 76.8 Å². The molecule has 22 heavy (non-hydrogen) atoms. The zero-order chi connectivity index (χ0) is 15.4. The summed E-state index contributed by atoms with van der Waals surface area (Å²) < 4.78 is 14.5. The fraction of sp³-hybridized carbons (Fsp3) is 0.0625. The van der Waals surface area contributed by atoms with Gasteiger partial charge in [-0.25, -0.2) is 14.1 Å². The van der Waals surface area contributed by atoms with E-state index in [1.165, 1.54) is 12.1 Å². The number of aromatic nitrogens is 3. The molecule has 2 aromatic carbocycles. The number of hydrogen-bond acceptors (Lipinski definition) is 3. The number of halogens is 2. The van der Waals surface area contributed by atoms with Gasteiger partial charge in [0.25, 0.3) is 5.95 Å². The van der Waals surface area contributed by atoms with Gasteiger partial charge < -0.3 is 0 Å². The molecule has 0 unspecified atom stereocenters. The number of nitrogens with zero attached hydrogens (tertiary/aromatic N) is 4. The van der Waals surface area contributed by atoms with Crippen LogP contribution < -0.4 is 0 Å². The average molecular weight is 315 g/mol. The van der Waals surface area contributed by atoms with Gasteiger partial charge in [0, 0.05) is 11.2 Å². The zero-order valence-electron chi connectivity index (χ0n) is 11.5. The van der Waals surface area contributed by atoms with Gasteiger partial charge in [0.2, 0.25) is 0 Å². The Morgan fingerprint density at radius 3 is 2.55 bits per heavy atom. The molecule has 0 aliphatic heterocycles. The number of hydrogen-bond donors (Lipinski definition) is 0. The summed E-state index contributed by atoms with van der Waals surface area (Å²) in [6, 6.07) is 13.6. The second-order valence-corrected chi connectivity index (χ2v) is 5.11. The molecule has 1 heterocycles. The smallest absolute Gasteiger partial charge is 0.246 e. The first kappa shape index (κ1) is 14.4. The summed E-state index contributed by atoms with van der Waals surface area (Å²) in [6.45, 7) is 0.518. The third-order valence-corrected chi connectivity index (χ3v) is 3.23. The van der Waals surface area contributed by atoms with Crippen LogP contribution in [0.5, 0.6) is 0 Å². The predicted molar refractivity (Wildman–Crippen MR) is 84.2 cm³/mol. The van der Waals surface area contributed by atoms with Crippen molar-refractivity contribution in [2.24, 2.45) is 4.99 Å². The number of aliphatic imine (C=N–C) groups is 1. The quantitative estimate of drug-likeness (QED) is 0.686. The van der Waals surface area contributed by atoms with E-state index in [4.69, 9.17) is 11.6 Å². The van der Waals surface area contributed by atoms with Gasteiger partial charge in [0.1, 0.15) is 12.1 Å². The van der Waals surface area contributed by atoms with Crippen molar-refractivity contribution in [3.8, 4) is 0 Å². The van der Waals surface area contributed by atoms with E-state index < -0.39 is 0 Å². The second kappa shape index (κ2) is 6.49. The van der Waals surface area contributed by atoms with Crippen LogP contribution in [-0.4, -0.2) is 21.0 Å². The molecule has 0 saturated carbocycles. The molecule has 0 bridgehead atoms. The molecule has 1 aromatic heterocycles. The van der Waals surface area contributed by atoms with Crippen LogP contribution in [0.2, 0.25) is 5.02 Å². The normalized spacial score (nSPS) is 11.2. The van der Waals surface area contributed by atoms with Gasteiger partial charge >= 0.3 is 0 Å². The van der Waals surface area contributed by atoms with Crippen molar-refractivity contribution in [3.63, 3.8) is 0 Å². The maximum absolute atomic E-state index is 12.9. The lowest BCUT2D eigenvalue weighted by Crippen LogP contribution is -1.99. The van der Waals surface area contributed by atoms with Gasteiger partial charge in [-0.15, -0.1) is 5.10 Å². The fourth-order valence-electron chi connectivity index (χ4n) is 1.88. The minimum Gasteiger partial charge on any atom is -0.246 e. The Hall–Kier alpha value is -2.53. The van der Waals surface area contributed by atoms with E-state index in [9.17, 15) is 4.39 Å². The standard InChI is InChI=1S/C16H12ClFN4/c17-14-5-1-12(2-6-14)9-19-16-20-11-22(21-16)10-13-3-7-15(18)8-4-13/h1-9,11H,10H2. The SMILES string of the molecule is Fc1ccc(Cn2cnc(N=Cc3ccc(Cl)cc3)n2)cc1. The van der Waals surface area contributed by atoms with Crippen molar-refractivity contribution in [2.75, 3.05) is 0 Å². The first-order valence-electron chi connectivity index (χ1n) is 6.62. The van der Waals surface area contributed by atoms with Crippen molar-refractivity contribution in [2.45, 2.75) is 6.54 Å². The summed E-state index contributed by atoms with van der Waals surface area (Å²) in [4.78, 5) is 8.33. The van der Waals surface area contributed by atoms with Crippen LogP contribution in [-0.2, 0) is 6.54 Å². The molecule has 0 radical (unpaired) electrons. The average Bonchev–Trinajstić information content (AvgIpc) is 2.97. The summed E-state index contributed by atoms with van der Waals surface area (Å²) in [7, 11) is 0. The Morgan fingerprint density at radius 1 is 1.09 bits per heavy atom. The Balaban J connectivity index is 1.68. The highest BCUT2D eigenvalue weighted by molar-refractivity contribution is 6.30. The summed E-state index contributed by atoms with van der Waals surface area (Å²) in [6.07, 6.45) is 3.27. The van der Waals surface area contributed by atoms with Crippen LogP contribution in [0.1, 0.15) is 11.1 Å². The van der Waals surface area contributed by atoms with E-state index in [0.29, 0.717) is 17.5 Å². The lowest BCUT2D eigenvalue weighted by atomic mass is 10.2. The molecule has 0 fully saturated rings. The molecule has 0 atom stereocenters. The Bertz CT molecular complexity index is 779. The van der Waals surface area contributed by atoms with E-state index in [1.807, 2.05) is 12.1 Å². The fourth-order valence-corrected chi connectivity index (χ4v) is 2.00. The van der Waals surface area contributed by atoms with E-state index in [2.05, 4.69) is 15.1 Å². The predicted octanol–water partition coefficient (Wildman–Crippen LogP) is 3.87. The van der Waals surface area contributed by atoms with Gasteiger partial charge in [-0.3, -0.25) is 0 Å². The molecular weight excluding hydrogens is 303 g/mol. The third kappa shape index (κ3) is 3.77. The highest BCUT2D eigenvalue weighted by Gasteiger charge is 2.00. The molecule has 0 spiro atoms. The van der Waals surface area contributed by atoms with E-state index >= 15 is 0 Å². The van der Waals surface area contributed by atoms with E-state index in [0.717, 1.165) is 11.1 Å². The molecule has 110 valence electrons. The lowest BCUT2D eigenvalue weighted by molar-refractivity contribution is 0.624. The molecule has 0 aliphatic rings. The van der Waals surface area contributed by atoms with Crippen molar-refractivity contribution in [1.82, 2.24) is 14.8 Å². The Morgan fingerprint density at radius 2 is 1.82 bits per heavy atom. The van der Waals surface area contributed by atoms with Crippen molar-refractivity contribution in [1.29, 1.82) is 0 Å². The van der Waals surface area contributed by atoms with Gasteiger partial charge in [-0.2, -0.15) is 4.98 Å². The van der Waals surface area contributed by atoms with Crippen LogP contribution in [0.4, 0.5) is 10.3 Å². The molecule has 6 heteroatoms.